The SMILES string of the molecule is CCN(CC)S(=O)(=O)c1ccc([C@H](C)NC(=O)c2cc(C)n(C3CC3)c2C)cc1. The van der Waals surface area contributed by atoms with Gasteiger partial charge in [-0.05, 0) is 57.4 Å². The van der Waals surface area contributed by atoms with Gasteiger partial charge in [-0.1, -0.05) is 26.0 Å². The van der Waals surface area contributed by atoms with E-state index in [4.69, 9.17) is 0 Å². The van der Waals surface area contributed by atoms with Crippen LogP contribution < -0.4 is 5.32 Å². The van der Waals surface area contributed by atoms with Crippen molar-refractivity contribution < 1.29 is 13.2 Å². The van der Waals surface area contributed by atoms with E-state index in [1.165, 1.54) is 17.1 Å². The summed E-state index contributed by atoms with van der Waals surface area (Å²) in [6, 6.07) is 9.04. The maximum absolute atomic E-state index is 12.8. The van der Waals surface area contributed by atoms with Gasteiger partial charge in [-0.25, -0.2) is 8.42 Å². The molecule has 1 N–H and O–H groups in total. The van der Waals surface area contributed by atoms with Crippen LogP contribution in [-0.4, -0.2) is 36.3 Å². The van der Waals surface area contributed by atoms with Gasteiger partial charge in [-0.15, -0.1) is 0 Å². The standard InChI is InChI=1S/C22H31N3O3S/c1-6-24(7-2)29(27,28)20-12-8-18(9-13-20)16(4)23-22(26)21-14-15(3)25(17(21)5)19-10-11-19/h8-9,12-14,16,19H,6-7,10-11H2,1-5H3,(H,23,26)/t16-/m0/s1. The number of benzene rings is 1. The van der Waals surface area contributed by atoms with Gasteiger partial charge in [-0.2, -0.15) is 4.31 Å². The van der Waals surface area contributed by atoms with Crippen molar-refractivity contribution in [2.24, 2.45) is 0 Å². The number of nitrogens with zero attached hydrogens (tertiary/aromatic N) is 2. The summed E-state index contributed by atoms with van der Waals surface area (Å²) in [6.07, 6.45) is 2.35. The van der Waals surface area contributed by atoms with Gasteiger partial charge in [0.25, 0.3) is 5.91 Å². The van der Waals surface area contributed by atoms with E-state index in [9.17, 15) is 13.2 Å². The summed E-state index contributed by atoms with van der Waals surface area (Å²) < 4.78 is 28.9. The van der Waals surface area contributed by atoms with Crippen molar-refractivity contribution in [3.05, 3.63) is 52.8 Å². The lowest BCUT2D eigenvalue weighted by atomic mass is 10.1. The number of aryl methyl sites for hydroxylation is 1. The van der Waals surface area contributed by atoms with Gasteiger partial charge in [-0.3, -0.25) is 4.79 Å². The molecule has 1 aliphatic carbocycles. The molecule has 1 aromatic carbocycles. The Morgan fingerprint density at radius 2 is 1.76 bits per heavy atom. The highest BCUT2D eigenvalue weighted by Gasteiger charge is 2.28. The second-order valence-corrected chi connectivity index (χ2v) is 9.68. The van der Waals surface area contributed by atoms with E-state index in [1.54, 1.807) is 24.3 Å². The Bertz CT molecular complexity index is 985. The average Bonchev–Trinajstić information content (AvgIpc) is 3.47. The molecule has 1 heterocycles. The fourth-order valence-corrected chi connectivity index (χ4v) is 5.36. The van der Waals surface area contributed by atoms with Crippen LogP contribution in [0.15, 0.2) is 35.2 Å². The molecule has 2 aromatic rings. The molecule has 1 amide bonds. The van der Waals surface area contributed by atoms with Crippen LogP contribution in [0, 0.1) is 13.8 Å². The maximum Gasteiger partial charge on any atom is 0.253 e. The number of hydrogen-bond acceptors (Lipinski definition) is 3. The molecule has 1 aliphatic rings. The summed E-state index contributed by atoms with van der Waals surface area (Å²) in [5.74, 6) is -0.0997. The van der Waals surface area contributed by atoms with Crippen molar-refractivity contribution in [1.82, 2.24) is 14.2 Å². The van der Waals surface area contributed by atoms with Crippen LogP contribution in [0.25, 0.3) is 0 Å². The molecule has 1 fully saturated rings. The summed E-state index contributed by atoms with van der Waals surface area (Å²) >= 11 is 0. The topological polar surface area (TPSA) is 71.4 Å². The third-order valence-electron chi connectivity index (χ3n) is 5.71. The first-order chi connectivity index (χ1) is 13.7. The van der Waals surface area contributed by atoms with E-state index in [0.717, 1.165) is 17.0 Å². The minimum Gasteiger partial charge on any atom is -0.345 e. The number of hydrogen-bond donors (Lipinski definition) is 1. The van der Waals surface area contributed by atoms with Gasteiger partial charge in [0.05, 0.1) is 16.5 Å². The van der Waals surface area contributed by atoms with Gasteiger partial charge < -0.3 is 9.88 Å². The molecule has 3 rings (SSSR count). The Kier molecular flexibility index (Phi) is 6.19. The zero-order chi connectivity index (χ0) is 21.3. The van der Waals surface area contributed by atoms with Crippen molar-refractivity contribution in [2.45, 2.75) is 64.4 Å². The van der Waals surface area contributed by atoms with Gasteiger partial charge in [0.1, 0.15) is 0 Å². The van der Waals surface area contributed by atoms with Crippen LogP contribution in [0.3, 0.4) is 0 Å². The largest absolute Gasteiger partial charge is 0.345 e. The Morgan fingerprint density at radius 3 is 2.28 bits per heavy atom. The third-order valence-corrected chi connectivity index (χ3v) is 7.78. The second-order valence-electron chi connectivity index (χ2n) is 7.74. The Balaban J connectivity index is 1.74. The smallest absolute Gasteiger partial charge is 0.253 e. The van der Waals surface area contributed by atoms with Gasteiger partial charge in [0.15, 0.2) is 0 Å². The van der Waals surface area contributed by atoms with Crippen LogP contribution >= 0.6 is 0 Å². The Hall–Kier alpha value is -2.12. The molecule has 0 spiro atoms. The van der Waals surface area contributed by atoms with E-state index in [0.29, 0.717) is 24.7 Å². The van der Waals surface area contributed by atoms with Gasteiger partial charge in [0.2, 0.25) is 10.0 Å². The van der Waals surface area contributed by atoms with Crippen LogP contribution in [0.5, 0.6) is 0 Å². The highest BCUT2D eigenvalue weighted by molar-refractivity contribution is 7.89. The first kappa shape index (κ1) is 21.6. The number of carbonyl (C=O) groups is 1. The fourth-order valence-electron chi connectivity index (χ4n) is 3.90. The number of carbonyl (C=O) groups excluding carboxylic acids is 1. The van der Waals surface area contributed by atoms with Gasteiger partial charge in [0, 0.05) is 30.5 Å². The lowest BCUT2D eigenvalue weighted by Crippen LogP contribution is -2.30. The van der Waals surface area contributed by atoms with Crippen LogP contribution in [0.4, 0.5) is 0 Å². The van der Waals surface area contributed by atoms with Crippen molar-refractivity contribution in [3.8, 4) is 0 Å². The molecular weight excluding hydrogens is 386 g/mol. The molecule has 1 saturated carbocycles. The Morgan fingerprint density at radius 1 is 1.17 bits per heavy atom. The summed E-state index contributed by atoms with van der Waals surface area (Å²) in [6.45, 7) is 10.5. The third kappa shape index (κ3) is 4.26. The molecular formula is C22H31N3O3S. The van der Waals surface area contributed by atoms with E-state index in [1.807, 2.05) is 40.7 Å². The zero-order valence-electron chi connectivity index (χ0n) is 17.9. The van der Waals surface area contributed by atoms with Gasteiger partial charge >= 0.3 is 0 Å². The molecule has 0 radical (unpaired) electrons. The summed E-state index contributed by atoms with van der Waals surface area (Å²) in [5, 5.41) is 3.04. The molecule has 0 saturated heterocycles. The highest BCUT2D eigenvalue weighted by atomic mass is 32.2. The predicted molar refractivity (Wildman–Crippen MR) is 115 cm³/mol. The fraction of sp³-hybridized carbons (Fsp3) is 0.500. The van der Waals surface area contributed by atoms with E-state index in [2.05, 4.69) is 9.88 Å². The first-order valence-corrected chi connectivity index (χ1v) is 11.7. The minimum absolute atomic E-state index is 0.0997. The Labute approximate surface area is 174 Å². The number of rotatable bonds is 8. The first-order valence-electron chi connectivity index (χ1n) is 10.3. The molecule has 29 heavy (non-hydrogen) atoms. The predicted octanol–water partition coefficient (Wildman–Crippen LogP) is 3.96. The molecule has 6 nitrogen and oxygen atoms in total. The highest BCUT2D eigenvalue weighted by Crippen LogP contribution is 2.38. The molecule has 1 atom stereocenters. The van der Waals surface area contributed by atoms with Crippen molar-refractivity contribution in [3.63, 3.8) is 0 Å². The lowest BCUT2D eigenvalue weighted by molar-refractivity contribution is 0.0939. The maximum atomic E-state index is 12.8. The molecule has 0 unspecified atom stereocenters. The lowest BCUT2D eigenvalue weighted by Gasteiger charge is -2.19. The summed E-state index contributed by atoms with van der Waals surface area (Å²) in [5.41, 5.74) is 3.71. The second kappa shape index (κ2) is 8.32. The van der Waals surface area contributed by atoms with Crippen molar-refractivity contribution in [1.29, 1.82) is 0 Å². The summed E-state index contributed by atoms with van der Waals surface area (Å²) in [7, 11) is -3.48. The van der Waals surface area contributed by atoms with Crippen LogP contribution in [0.2, 0.25) is 0 Å². The quantitative estimate of drug-likeness (QED) is 0.707. The molecule has 7 heteroatoms. The number of amides is 1. The van der Waals surface area contributed by atoms with Crippen LogP contribution in [0.1, 0.15) is 73.0 Å². The molecule has 1 aromatic heterocycles. The van der Waals surface area contributed by atoms with Crippen LogP contribution in [-0.2, 0) is 10.0 Å². The summed E-state index contributed by atoms with van der Waals surface area (Å²) in [4.78, 5) is 13.1. The van der Waals surface area contributed by atoms with E-state index < -0.39 is 10.0 Å². The van der Waals surface area contributed by atoms with E-state index >= 15 is 0 Å². The van der Waals surface area contributed by atoms with E-state index in [-0.39, 0.29) is 16.8 Å². The van der Waals surface area contributed by atoms with Crippen molar-refractivity contribution >= 4 is 15.9 Å². The molecule has 158 valence electrons. The number of nitrogens with one attached hydrogen (secondary N) is 1. The average molecular weight is 418 g/mol. The zero-order valence-corrected chi connectivity index (χ0v) is 18.7. The molecule has 0 aliphatic heterocycles. The molecule has 0 bridgehead atoms. The number of aromatic nitrogens is 1. The number of sulfonamides is 1. The normalized spacial score (nSPS) is 15.5. The monoisotopic (exact) mass is 417 g/mol. The van der Waals surface area contributed by atoms with Crippen molar-refractivity contribution in [2.75, 3.05) is 13.1 Å². The minimum atomic E-state index is -3.48.